The van der Waals surface area contributed by atoms with E-state index in [4.69, 9.17) is 0 Å². The van der Waals surface area contributed by atoms with E-state index in [-0.39, 0.29) is 23.5 Å². The third kappa shape index (κ3) is 5.90. The standard InChI is InChI=1S/C31H32N4O5/c1-19-17-25-26(18-24(19)31(39)40)34-30(38)27(25)28(20-5-3-2-4-6-20)33-22-9-7-21(8-10-22)29(37)32-13-16-35-14-11-23(36)12-15-35/h2-10,17-18,23,33,36H,11-16H2,1H3,(H,32,37)(H,34,38)(H,39,40)/b28-27-. The van der Waals surface area contributed by atoms with Crippen LogP contribution in [0.3, 0.4) is 0 Å². The Labute approximate surface area is 232 Å². The Balaban J connectivity index is 1.36. The number of fused-ring (bicyclic) bond motifs is 1. The molecule has 1 saturated heterocycles. The first-order valence-electron chi connectivity index (χ1n) is 13.3. The van der Waals surface area contributed by atoms with Gasteiger partial charge in [0.15, 0.2) is 0 Å². The zero-order chi connectivity index (χ0) is 28.2. The molecule has 2 aliphatic heterocycles. The molecule has 0 radical (unpaired) electrons. The first-order valence-corrected chi connectivity index (χ1v) is 13.3. The molecule has 40 heavy (non-hydrogen) atoms. The second kappa shape index (κ2) is 11.7. The summed E-state index contributed by atoms with van der Waals surface area (Å²) in [5.41, 5.74) is 4.75. The van der Waals surface area contributed by atoms with Gasteiger partial charge in [-0.1, -0.05) is 30.3 Å². The summed E-state index contributed by atoms with van der Waals surface area (Å²) in [6.07, 6.45) is 1.31. The SMILES string of the molecule is Cc1cc2c(cc1C(=O)O)NC(=O)/C2=C(\Nc1ccc(C(=O)NCCN2CCC(O)CC2)cc1)c1ccccc1. The molecule has 0 unspecified atom stereocenters. The minimum atomic E-state index is -1.05. The zero-order valence-corrected chi connectivity index (χ0v) is 22.2. The van der Waals surface area contributed by atoms with Crippen molar-refractivity contribution >= 4 is 40.4 Å². The van der Waals surface area contributed by atoms with Gasteiger partial charge in [-0.15, -0.1) is 0 Å². The molecular formula is C31H32N4O5. The van der Waals surface area contributed by atoms with Crippen molar-refractivity contribution in [2.24, 2.45) is 0 Å². The highest BCUT2D eigenvalue weighted by molar-refractivity contribution is 6.37. The number of carbonyl (C=O) groups excluding carboxylic acids is 2. The lowest BCUT2D eigenvalue weighted by molar-refractivity contribution is -0.110. The summed E-state index contributed by atoms with van der Waals surface area (Å²) in [5, 5.41) is 28.3. The van der Waals surface area contributed by atoms with Gasteiger partial charge in [0.1, 0.15) is 0 Å². The minimum Gasteiger partial charge on any atom is -0.478 e. The lowest BCUT2D eigenvalue weighted by Gasteiger charge is -2.29. The molecule has 0 saturated carbocycles. The molecule has 3 aromatic carbocycles. The second-order valence-corrected chi connectivity index (χ2v) is 10.1. The second-order valence-electron chi connectivity index (χ2n) is 10.1. The minimum absolute atomic E-state index is 0.137. The Morgan fingerprint density at radius 2 is 1.70 bits per heavy atom. The van der Waals surface area contributed by atoms with Crippen LogP contribution in [0.2, 0.25) is 0 Å². The number of piperidine rings is 1. The van der Waals surface area contributed by atoms with Crippen molar-refractivity contribution in [2.75, 3.05) is 36.8 Å². The molecule has 0 bridgehead atoms. The third-order valence-corrected chi connectivity index (χ3v) is 7.34. The number of nitrogens with zero attached hydrogens (tertiary/aromatic N) is 1. The topological polar surface area (TPSA) is 131 Å². The van der Waals surface area contributed by atoms with E-state index < -0.39 is 5.97 Å². The monoisotopic (exact) mass is 540 g/mol. The maximum atomic E-state index is 13.2. The Morgan fingerprint density at radius 3 is 2.38 bits per heavy atom. The van der Waals surface area contributed by atoms with Crippen molar-refractivity contribution in [1.29, 1.82) is 0 Å². The highest BCUT2D eigenvalue weighted by Crippen LogP contribution is 2.39. The predicted molar refractivity (Wildman–Crippen MR) is 154 cm³/mol. The molecule has 0 aliphatic carbocycles. The molecule has 2 aliphatic rings. The normalized spacial score (nSPS) is 16.7. The van der Waals surface area contributed by atoms with Crippen LogP contribution < -0.4 is 16.0 Å². The largest absolute Gasteiger partial charge is 0.478 e. The number of aliphatic hydroxyl groups excluding tert-OH is 1. The van der Waals surface area contributed by atoms with Gasteiger partial charge in [0.05, 0.1) is 28.6 Å². The van der Waals surface area contributed by atoms with Crippen molar-refractivity contribution in [2.45, 2.75) is 25.9 Å². The van der Waals surface area contributed by atoms with E-state index in [2.05, 4.69) is 20.9 Å². The quantitative estimate of drug-likeness (QED) is 0.275. The average Bonchev–Trinajstić information content (AvgIpc) is 3.27. The first kappa shape index (κ1) is 27.1. The first-order chi connectivity index (χ1) is 19.3. The lowest BCUT2D eigenvalue weighted by Crippen LogP contribution is -2.40. The molecule has 9 nitrogen and oxygen atoms in total. The molecule has 0 atom stereocenters. The highest BCUT2D eigenvalue weighted by atomic mass is 16.4. The van der Waals surface area contributed by atoms with E-state index in [1.165, 1.54) is 6.07 Å². The number of aryl methyl sites for hydroxylation is 1. The fourth-order valence-corrected chi connectivity index (χ4v) is 5.11. The van der Waals surface area contributed by atoms with Crippen molar-refractivity contribution in [1.82, 2.24) is 10.2 Å². The summed E-state index contributed by atoms with van der Waals surface area (Å²) in [6, 6.07) is 19.7. The summed E-state index contributed by atoms with van der Waals surface area (Å²) in [5.74, 6) is -1.55. The van der Waals surface area contributed by atoms with E-state index in [0.29, 0.717) is 45.9 Å². The van der Waals surface area contributed by atoms with Crippen LogP contribution in [0.15, 0.2) is 66.7 Å². The van der Waals surface area contributed by atoms with Crippen LogP contribution in [0, 0.1) is 6.92 Å². The van der Waals surface area contributed by atoms with E-state index >= 15 is 0 Å². The Hall–Kier alpha value is -4.47. The molecule has 5 N–H and O–H groups in total. The Kier molecular flexibility index (Phi) is 7.95. The van der Waals surface area contributed by atoms with Gasteiger partial charge < -0.3 is 31.1 Å². The fourth-order valence-electron chi connectivity index (χ4n) is 5.11. The van der Waals surface area contributed by atoms with Gasteiger partial charge in [0, 0.05) is 43.0 Å². The highest BCUT2D eigenvalue weighted by Gasteiger charge is 2.30. The summed E-state index contributed by atoms with van der Waals surface area (Å²) < 4.78 is 0. The molecule has 0 spiro atoms. The average molecular weight is 541 g/mol. The van der Waals surface area contributed by atoms with Crippen molar-refractivity contribution in [3.05, 3.63) is 94.5 Å². The number of hydrogen-bond acceptors (Lipinski definition) is 6. The number of anilines is 2. The number of carboxylic acids is 1. The van der Waals surface area contributed by atoms with Gasteiger partial charge in [-0.25, -0.2) is 4.79 Å². The molecule has 9 heteroatoms. The molecular weight excluding hydrogens is 508 g/mol. The van der Waals surface area contributed by atoms with Crippen LogP contribution >= 0.6 is 0 Å². The third-order valence-electron chi connectivity index (χ3n) is 7.34. The molecule has 3 aromatic rings. The van der Waals surface area contributed by atoms with Crippen LogP contribution in [-0.2, 0) is 4.79 Å². The van der Waals surface area contributed by atoms with Crippen LogP contribution in [0.4, 0.5) is 11.4 Å². The van der Waals surface area contributed by atoms with E-state index in [9.17, 15) is 24.6 Å². The Morgan fingerprint density at radius 1 is 1.00 bits per heavy atom. The number of benzene rings is 3. The van der Waals surface area contributed by atoms with Crippen molar-refractivity contribution < 1.29 is 24.6 Å². The van der Waals surface area contributed by atoms with Gasteiger partial charge in [-0.3, -0.25) is 9.59 Å². The smallest absolute Gasteiger partial charge is 0.336 e. The summed E-state index contributed by atoms with van der Waals surface area (Å²) in [4.78, 5) is 39.7. The summed E-state index contributed by atoms with van der Waals surface area (Å²) in [7, 11) is 0. The summed E-state index contributed by atoms with van der Waals surface area (Å²) in [6.45, 7) is 4.64. The molecule has 2 amide bonds. The molecule has 5 rings (SSSR count). The number of likely N-dealkylation sites (tertiary alicyclic amines) is 1. The van der Waals surface area contributed by atoms with Gasteiger partial charge >= 0.3 is 5.97 Å². The van der Waals surface area contributed by atoms with Gasteiger partial charge in [0.25, 0.3) is 11.8 Å². The van der Waals surface area contributed by atoms with Gasteiger partial charge in [-0.05, 0) is 67.3 Å². The fraction of sp³-hybridized carbons (Fsp3) is 0.258. The van der Waals surface area contributed by atoms with Crippen LogP contribution in [0.5, 0.6) is 0 Å². The molecule has 1 fully saturated rings. The molecule has 2 heterocycles. The van der Waals surface area contributed by atoms with E-state index in [1.807, 2.05) is 30.3 Å². The van der Waals surface area contributed by atoms with E-state index in [1.54, 1.807) is 37.3 Å². The molecule has 0 aromatic heterocycles. The van der Waals surface area contributed by atoms with Gasteiger partial charge in [0.2, 0.25) is 0 Å². The number of carboxylic acid groups (broad SMARTS) is 1. The molecule has 206 valence electrons. The number of aromatic carboxylic acids is 1. The Bertz CT molecular complexity index is 1460. The number of nitrogens with one attached hydrogen (secondary N) is 3. The number of carbonyl (C=O) groups is 3. The van der Waals surface area contributed by atoms with Gasteiger partial charge in [-0.2, -0.15) is 0 Å². The van der Waals surface area contributed by atoms with Crippen LogP contribution in [-0.4, -0.2) is 65.2 Å². The maximum absolute atomic E-state index is 13.2. The number of rotatable bonds is 8. The van der Waals surface area contributed by atoms with Crippen LogP contribution in [0.25, 0.3) is 11.3 Å². The number of aliphatic hydroxyl groups is 1. The maximum Gasteiger partial charge on any atom is 0.336 e. The zero-order valence-electron chi connectivity index (χ0n) is 22.2. The van der Waals surface area contributed by atoms with Crippen molar-refractivity contribution in [3.63, 3.8) is 0 Å². The predicted octanol–water partition coefficient (Wildman–Crippen LogP) is 3.81. The van der Waals surface area contributed by atoms with Crippen LogP contribution in [0.1, 0.15) is 50.2 Å². The lowest BCUT2D eigenvalue weighted by atomic mass is 9.96. The number of amides is 2. The van der Waals surface area contributed by atoms with Crippen molar-refractivity contribution in [3.8, 4) is 0 Å². The number of hydrogen-bond donors (Lipinski definition) is 5. The summed E-state index contributed by atoms with van der Waals surface area (Å²) >= 11 is 0. The van der Waals surface area contributed by atoms with E-state index in [0.717, 1.165) is 38.0 Å².